The Labute approximate surface area is 192 Å². The number of aromatic nitrogens is 3. The lowest BCUT2D eigenvalue weighted by molar-refractivity contribution is 0.0395. The highest BCUT2D eigenvalue weighted by molar-refractivity contribution is 5.71. The standard InChI is InChI=1S/C24H25N7O2/c25-14-18-12-22(26)27-15-19(18)20-13-23(29-24(28-20)30-6-9-32-10-7-30)31-8-11-33-21(16-31)17-4-2-1-3-5-17/h1-5,12-13,15,21H,6-11,16H2,(H2,26,27). The highest BCUT2D eigenvalue weighted by Crippen LogP contribution is 2.31. The first-order valence-electron chi connectivity index (χ1n) is 11.0. The fourth-order valence-corrected chi connectivity index (χ4v) is 4.12. The molecule has 2 fully saturated rings. The Hall–Kier alpha value is -3.74. The zero-order chi connectivity index (χ0) is 22.6. The van der Waals surface area contributed by atoms with Crippen LogP contribution in [0.2, 0.25) is 0 Å². The number of nitrogens with zero attached hydrogens (tertiary/aromatic N) is 6. The van der Waals surface area contributed by atoms with Crippen LogP contribution in [0.25, 0.3) is 11.3 Å². The first kappa shape index (κ1) is 21.1. The normalized spacial score (nSPS) is 18.7. The third-order valence-corrected chi connectivity index (χ3v) is 5.88. The minimum Gasteiger partial charge on any atom is -0.384 e. The number of benzene rings is 1. The molecule has 4 heterocycles. The Morgan fingerprint density at radius 2 is 1.79 bits per heavy atom. The molecular weight excluding hydrogens is 418 g/mol. The maximum Gasteiger partial charge on any atom is 0.228 e. The number of ether oxygens (including phenoxy) is 2. The van der Waals surface area contributed by atoms with E-state index < -0.39 is 0 Å². The molecule has 2 aliphatic heterocycles. The number of nitrogen functional groups attached to an aromatic ring is 1. The van der Waals surface area contributed by atoms with Gasteiger partial charge in [-0.15, -0.1) is 0 Å². The molecule has 0 radical (unpaired) electrons. The molecule has 0 saturated carbocycles. The summed E-state index contributed by atoms with van der Waals surface area (Å²) in [6, 6.07) is 15.9. The second-order valence-corrected chi connectivity index (χ2v) is 7.99. The number of nitrogens with two attached hydrogens (primary N) is 1. The summed E-state index contributed by atoms with van der Waals surface area (Å²) in [6.45, 7) is 4.67. The molecule has 0 amide bonds. The maximum atomic E-state index is 9.67. The van der Waals surface area contributed by atoms with Crippen molar-refractivity contribution in [1.82, 2.24) is 15.0 Å². The van der Waals surface area contributed by atoms with Crippen LogP contribution in [0.5, 0.6) is 0 Å². The van der Waals surface area contributed by atoms with Crippen LogP contribution in [-0.2, 0) is 9.47 Å². The number of hydrogen-bond donors (Lipinski definition) is 1. The Morgan fingerprint density at radius 3 is 2.58 bits per heavy atom. The summed E-state index contributed by atoms with van der Waals surface area (Å²) in [4.78, 5) is 18.2. The van der Waals surface area contributed by atoms with E-state index >= 15 is 0 Å². The summed E-state index contributed by atoms with van der Waals surface area (Å²) in [5, 5.41) is 9.67. The summed E-state index contributed by atoms with van der Waals surface area (Å²) in [5.74, 6) is 1.72. The van der Waals surface area contributed by atoms with Crippen molar-refractivity contribution in [3.05, 3.63) is 59.8 Å². The molecule has 0 bridgehead atoms. The smallest absolute Gasteiger partial charge is 0.228 e. The fourth-order valence-electron chi connectivity index (χ4n) is 4.12. The van der Waals surface area contributed by atoms with Crippen LogP contribution in [0, 0.1) is 11.3 Å². The molecule has 0 spiro atoms. The van der Waals surface area contributed by atoms with Crippen LogP contribution >= 0.6 is 0 Å². The van der Waals surface area contributed by atoms with E-state index in [0.29, 0.717) is 74.6 Å². The molecule has 9 nitrogen and oxygen atoms in total. The average molecular weight is 444 g/mol. The summed E-state index contributed by atoms with van der Waals surface area (Å²) >= 11 is 0. The van der Waals surface area contributed by atoms with Crippen molar-refractivity contribution in [3.8, 4) is 17.3 Å². The van der Waals surface area contributed by atoms with Gasteiger partial charge in [-0.1, -0.05) is 30.3 Å². The van der Waals surface area contributed by atoms with E-state index in [2.05, 4.69) is 33.0 Å². The highest BCUT2D eigenvalue weighted by atomic mass is 16.5. The molecule has 1 aromatic carbocycles. The Morgan fingerprint density at radius 1 is 1.00 bits per heavy atom. The molecule has 0 aliphatic carbocycles. The second-order valence-electron chi connectivity index (χ2n) is 7.99. The molecule has 2 aromatic heterocycles. The predicted octanol–water partition coefficient (Wildman–Crippen LogP) is 2.41. The van der Waals surface area contributed by atoms with E-state index in [1.807, 2.05) is 24.3 Å². The zero-order valence-corrected chi connectivity index (χ0v) is 18.2. The molecule has 1 atom stereocenters. The first-order valence-corrected chi connectivity index (χ1v) is 11.0. The van der Waals surface area contributed by atoms with Crippen molar-refractivity contribution in [3.63, 3.8) is 0 Å². The van der Waals surface area contributed by atoms with Gasteiger partial charge in [-0.05, 0) is 11.6 Å². The van der Waals surface area contributed by atoms with Crippen molar-refractivity contribution >= 4 is 17.6 Å². The largest absolute Gasteiger partial charge is 0.384 e. The van der Waals surface area contributed by atoms with Crippen molar-refractivity contribution in [1.29, 1.82) is 5.26 Å². The van der Waals surface area contributed by atoms with E-state index in [9.17, 15) is 5.26 Å². The summed E-state index contributed by atoms with van der Waals surface area (Å²) < 4.78 is 11.6. The first-order chi connectivity index (χ1) is 16.2. The van der Waals surface area contributed by atoms with E-state index in [1.165, 1.54) is 0 Å². The molecule has 2 aliphatic rings. The van der Waals surface area contributed by atoms with Gasteiger partial charge in [0.15, 0.2) is 0 Å². The molecule has 1 unspecified atom stereocenters. The highest BCUT2D eigenvalue weighted by Gasteiger charge is 2.25. The fraction of sp³-hybridized carbons (Fsp3) is 0.333. The van der Waals surface area contributed by atoms with Gasteiger partial charge in [0, 0.05) is 44.0 Å². The molecule has 3 aromatic rings. The summed E-state index contributed by atoms with van der Waals surface area (Å²) in [6.07, 6.45) is 1.56. The number of rotatable bonds is 4. The topological polar surface area (TPSA) is 113 Å². The van der Waals surface area contributed by atoms with Crippen molar-refractivity contribution in [2.45, 2.75) is 6.10 Å². The van der Waals surface area contributed by atoms with Gasteiger partial charge in [0.1, 0.15) is 23.8 Å². The molecule has 5 rings (SSSR count). The number of morpholine rings is 2. The minimum atomic E-state index is -0.0435. The molecule has 168 valence electrons. The van der Waals surface area contributed by atoms with Gasteiger partial charge in [0.25, 0.3) is 0 Å². The lowest BCUT2D eigenvalue weighted by Gasteiger charge is -2.35. The van der Waals surface area contributed by atoms with Crippen LogP contribution in [0.4, 0.5) is 17.6 Å². The van der Waals surface area contributed by atoms with Gasteiger partial charge in [0.05, 0.1) is 31.1 Å². The average Bonchev–Trinajstić information content (AvgIpc) is 2.89. The van der Waals surface area contributed by atoms with E-state index in [-0.39, 0.29) is 6.10 Å². The molecule has 2 saturated heterocycles. The molecular formula is C24H25N7O2. The van der Waals surface area contributed by atoms with E-state index in [0.717, 1.165) is 11.4 Å². The number of nitriles is 1. The molecule has 2 N–H and O–H groups in total. The second kappa shape index (κ2) is 9.40. The van der Waals surface area contributed by atoms with Crippen molar-refractivity contribution < 1.29 is 9.47 Å². The maximum absolute atomic E-state index is 9.67. The Kier molecular flexibility index (Phi) is 6.02. The van der Waals surface area contributed by atoms with Crippen LogP contribution in [-0.4, -0.2) is 61.0 Å². The van der Waals surface area contributed by atoms with Crippen LogP contribution in [0.3, 0.4) is 0 Å². The monoisotopic (exact) mass is 443 g/mol. The number of anilines is 3. The Bertz CT molecular complexity index is 1160. The lowest BCUT2D eigenvalue weighted by Crippen LogP contribution is -2.40. The third kappa shape index (κ3) is 4.58. The minimum absolute atomic E-state index is 0.0435. The van der Waals surface area contributed by atoms with Gasteiger partial charge in [0.2, 0.25) is 5.95 Å². The Balaban J connectivity index is 1.54. The van der Waals surface area contributed by atoms with Gasteiger partial charge in [-0.25, -0.2) is 9.97 Å². The number of hydrogen-bond acceptors (Lipinski definition) is 9. The van der Waals surface area contributed by atoms with Crippen molar-refractivity contribution in [2.75, 3.05) is 61.5 Å². The van der Waals surface area contributed by atoms with Crippen LogP contribution in [0.15, 0.2) is 48.7 Å². The molecule has 33 heavy (non-hydrogen) atoms. The summed E-state index contributed by atoms with van der Waals surface area (Å²) in [7, 11) is 0. The van der Waals surface area contributed by atoms with Crippen LogP contribution < -0.4 is 15.5 Å². The van der Waals surface area contributed by atoms with Crippen LogP contribution in [0.1, 0.15) is 17.2 Å². The van der Waals surface area contributed by atoms with Gasteiger partial charge in [-0.2, -0.15) is 10.2 Å². The van der Waals surface area contributed by atoms with Gasteiger partial charge >= 0.3 is 0 Å². The van der Waals surface area contributed by atoms with Crippen molar-refractivity contribution in [2.24, 2.45) is 0 Å². The van der Waals surface area contributed by atoms with Gasteiger partial charge in [-0.3, -0.25) is 0 Å². The molecule has 9 heteroatoms. The number of pyridine rings is 1. The van der Waals surface area contributed by atoms with E-state index in [1.54, 1.807) is 12.3 Å². The SMILES string of the molecule is N#Cc1cc(N)ncc1-c1cc(N2CCOC(c3ccccc3)C2)nc(N2CCOCC2)n1. The lowest BCUT2D eigenvalue weighted by atomic mass is 10.1. The third-order valence-electron chi connectivity index (χ3n) is 5.88. The summed E-state index contributed by atoms with van der Waals surface area (Å²) in [5.41, 5.74) is 8.66. The predicted molar refractivity (Wildman–Crippen MR) is 125 cm³/mol. The zero-order valence-electron chi connectivity index (χ0n) is 18.2. The van der Waals surface area contributed by atoms with Gasteiger partial charge < -0.3 is 25.0 Å². The van der Waals surface area contributed by atoms with E-state index in [4.69, 9.17) is 25.2 Å². The quantitative estimate of drug-likeness (QED) is 0.649.